The average molecular weight is 396 g/mol. The molecule has 29 heavy (non-hydrogen) atoms. The quantitative estimate of drug-likeness (QED) is 0.550. The summed E-state index contributed by atoms with van der Waals surface area (Å²) in [5.74, 6) is 0.708. The first-order chi connectivity index (χ1) is 14.1. The largest absolute Gasteiger partial charge is 0.497 e. The molecule has 0 saturated carbocycles. The summed E-state index contributed by atoms with van der Waals surface area (Å²) in [5, 5.41) is 15.2. The molecule has 3 aromatic rings. The van der Waals surface area contributed by atoms with Crippen molar-refractivity contribution in [3.63, 3.8) is 0 Å². The van der Waals surface area contributed by atoms with Crippen LogP contribution < -0.4 is 20.1 Å². The maximum Gasteiger partial charge on any atom is 0.319 e. The number of carbonyl (C=O) groups excluding carboxylic acids is 1. The van der Waals surface area contributed by atoms with Crippen molar-refractivity contribution < 1.29 is 23.8 Å². The molecule has 0 spiro atoms. The van der Waals surface area contributed by atoms with E-state index >= 15 is 0 Å². The molecule has 1 unspecified atom stereocenters. The van der Waals surface area contributed by atoms with Gasteiger partial charge in [0.15, 0.2) is 11.6 Å². The molecular weight excluding hydrogens is 375 g/mol. The predicted molar refractivity (Wildman–Crippen MR) is 108 cm³/mol. The highest BCUT2D eigenvalue weighted by Gasteiger charge is 2.15. The Morgan fingerprint density at radius 3 is 2.41 bits per heavy atom. The van der Waals surface area contributed by atoms with E-state index in [-0.39, 0.29) is 18.0 Å². The molecule has 6 nitrogen and oxygen atoms in total. The Hall–Kier alpha value is -3.58. The molecule has 0 aliphatic rings. The molecule has 3 N–H and O–H groups in total. The number of aliphatic hydroxyl groups excluding tert-OH is 1. The van der Waals surface area contributed by atoms with Crippen molar-refractivity contribution in [2.45, 2.75) is 6.10 Å². The summed E-state index contributed by atoms with van der Waals surface area (Å²) in [5.41, 5.74) is 0.526. The van der Waals surface area contributed by atoms with Gasteiger partial charge in [-0.25, -0.2) is 9.18 Å². The number of para-hydroxylation sites is 2. The SMILES string of the molecule is COc1ccc(C(O)CNC(=O)Nc2c(F)cccc2Oc2ccccc2)cc1. The Kier molecular flexibility index (Phi) is 6.65. The van der Waals surface area contributed by atoms with Gasteiger partial charge in [0.05, 0.1) is 13.2 Å². The molecule has 150 valence electrons. The molecule has 0 fully saturated rings. The van der Waals surface area contributed by atoms with Crippen molar-refractivity contribution in [3.8, 4) is 17.2 Å². The highest BCUT2D eigenvalue weighted by molar-refractivity contribution is 5.91. The van der Waals surface area contributed by atoms with Crippen molar-refractivity contribution in [2.75, 3.05) is 19.0 Å². The first-order valence-corrected chi connectivity index (χ1v) is 8.95. The molecule has 3 rings (SSSR count). The van der Waals surface area contributed by atoms with Gasteiger partial charge < -0.3 is 25.2 Å². The van der Waals surface area contributed by atoms with E-state index in [1.165, 1.54) is 12.1 Å². The van der Waals surface area contributed by atoms with Crippen molar-refractivity contribution in [1.29, 1.82) is 0 Å². The number of hydrogen-bond donors (Lipinski definition) is 3. The molecule has 1 atom stereocenters. The smallest absolute Gasteiger partial charge is 0.319 e. The van der Waals surface area contributed by atoms with Crippen molar-refractivity contribution in [3.05, 3.63) is 84.2 Å². The second-order valence-corrected chi connectivity index (χ2v) is 6.15. The Morgan fingerprint density at radius 1 is 1.00 bits per heavy atom. The fourth-order valence-electron chi connectivity index (χ4n) is 2.62. The van der Waals surface area contributed by atoms with E-state index in [2.05, 4.69) is 10.6 Å². The number of urea groups is 1. The van der Waals surface area contributed by atoms with Crippen LogP contribution in [0.2, 0.25) is 0 Å². The lowest BCUT2D eigenvalue weighted by Crippen LogP contribution is -2.32. The van der Waals surface area contributed by atoms with Crippen LogP contribution in [0.25, 0.3) is 0 Å². The van der Waals surface area contributed by atoms with E-state index in [0.717, 1.165) is 0 Å². The van der Waals surface area contributed by atoms with Gasteiger partial charge in [-0.2, -0.15) is 0 Å². The molecule has 0 saturated heterocycles. The fraction of sp³-hybridized carbons (Fsp3) is 0.136. The number of benzene rings is 3. The highest BCUT2D eigenvalue weighted by atomic mass is 19.1. The number of nitrogens with one attached hydrogen (secondary N) is 2. The number of methoxy groups -OCH3 is 1. The Morgan fingerprint density at radius 2 is 1.72 bits per heavy atom. The normalized spacial score (nSPS) is 11.4. The minimum atomic E-state index is -0.924. The predicted octanol–water partition coefficient (Wildman–Crippen LogP) is 4.48. The van der Waals surface area contributed by atoms with Crippen LogP contribution in [-0.2, 0) is 0 Å². The summed E-state index contributed by atoms with van der Waals surface area (Å²) in [6, 6.07) is 19.3. The van der Waals surface area contributed by atoms with Gasteiger partial charge in [0.2, 0.25) is 0 Å². The lowest BCUT2D eigenvalue weighted by molar-refractivity contribution is 0.175. The van der Waals surface area contributed by atoms with E-state index in [1.807, 2.05) is 6.07 Å². The molecule has 0 aromatic heterocycles. The van der Waals surface area contributed by atoms with Gasteiger partial charge in [-0.1, -0.05) is 36.4 Å². The van der Waals surface area contributed by atoms with E-state index < -0.39 is 18.0 Å². The zero-order valence-electron chi connectivity index (χ0n) is 15.8. The maximum atomic E-state index is 14.3. The number of rotatable bonds is 7. The minimum absolute atomic E-state index is 0.0541. The summed E-state index contributed by atoms with van der Waals surface area (Å²) in [6.45, 7) is -0.0541. The number of ether oxygens (including phenoxy) is 2. The summed E-state index contributed by atoms with van der Waals surface area (Å²) in [4.78, 5) is 12.2. The van der Waals surface area contributed by atoms with E-state index in [9.17, 15) is 14.3 Å². The Labute approximate surface area is 167 Å². The third-order valence-corrected chi connectivity index (χ3v) is 4.14. The van der Waals surface area contributed by atoms with Crippen LogP contribution in [0.5, 0.6) is 17.2 Å². The van der Waals surface area contributed by atoms with Crippen LogP contribution >= 0.6 is 0 Å². The van der Waals surface area contributed by atoms with Crippen LogP contribution in [0, 0.1) is 5.82 Å². The molecule has 0 bridgehead atoms. The molecule has 2 amide bonds. The third-order valence-electron chi connectivity index (χ3n) is 4.14. The van der Waals surface area contributed by atoms with Crippen LogP contribution in [0.4, 0.5) is 14.9 Å². The number of anilines is 1. The first-order valence-electron chi connectivity index (χ1n) is 8.95. The van der Waals surface area contributed by atoms with Crippen LogP contribution in [0.1, 0.15) is 11.7 Å². The summed E-state index contributed by atoms with van der Waals surface area (Å²) < 4.78 is 25.0. The average Bonchev–Trinajstić information content (AvgIpc) is 2.75. The third kappa shape index (κ3) is 5.46. The van der Waals surface area contributed by atoms with Gasteiger partial charge in [0.25, 0.3) is 0 Å². The van der Waals surface area contributed by atoms with Crippen LogP contribution in [-0.4, -0.2) is 24.8 Å². The zero-order valence-corrected chi connectivity index (χ0v) is 15.8. The van der Waals surface area contributed by atoms with E-state index in [1.54, 1.807) is 61.7 Å². The maximum absolute atomic E-state index is 14.3. The lowest BCUT2D eigenvalue weighted by Gasteiger charge is -2.15. The van der Waals surface area contributed by atoms with Crippen molar-refractivity contribution in [2.24, 2.45) is 0 Å². The minimum Gasteiger partial charge on any atom is -0.497 e. The highest BCUT2D eigenvalue weighted by Crippen LogP contribution is 2.31. The van der Waals surface area contributed by atoms with Gasteiger partial charge in [-0.05, 0) is 42.0 Å². The zero-order chi connectivity index (χ0) is 20.6. The molecule has 0 aliphatic carbocycles. The standard InChI is InChI=1S/C22H21FN2O4/c1-28-16-12-10-15(11-13-16)19(26)14-24-22(27)25-21-18(23)8-5-9-20(21)29-17-6-3-2-4-7-17/h2-13,19,26H,14H2,1H3,(H2,24,25,27). The number of halogens is 1. The monoisotopic (exact) mass is 396 g/mol. The number of hydrogen-bond acceptors (Lipinski definition) is 4. The van der Waals surface area contributed by atoms with Gasteiger partial charge in [0, 0.05) is 6.54 Å². The summed E-state index contributed by atoms with van der Waals surface area (Å²) in [6.07, 6.45) is -0.924. The fourth-order valence-corrected chi connectivity index (χ4v) is 2.62. The van der Waals surface area contributed by atoms with E-state index in [4.69, 9.17) is 9.47 Å². The van der Waals surface area contributed by atoms with Crippen LogP contribution in [0.3, 0.4) is 0 Å². The van der Waals surface area contributed by atoms with Crippen molar-refractivity contribution in [1.82, 2.24) is 5.32 Å². The topological polar surface area (TPSA) is 79.8 Å². The molecule has 0 aliphatic heterocycles. The van der Waals surface area contributed by atoms with Gasteiger partial charge in [-0.15, -0.1) is 0 Å². The number of aliphatic hydroxyl groups is 1. The number of amides is 2. The summed E-state index contributed by atoms with van der Waals surface area (Å²) in [7, 11) is 1.55. The molecule has 7 heteroatoms. The van der Waals surface area contributed by atoms with Crippen molar-refractivity contribution >= 4 is 11.7 Å². The second-order valence-electron chi connectivity index (χ2n) is 6.15. The molecular formula is C22H21FN2O4. The Bertz CT molecular complexity index is 949. The first kappa shape index (κ1) is 20.2. The second kappa shape index (κ2) is 9.57. The Balaban J connectivity index is 1.62. The van der Waals surface area contributed by atoms with Gasteiger partial charge >= 0.3 is 6.03 Å². The molecule has 0 heterocycles. The van der Waals surface area contributed by atoms with Crippen LogP contribution in [0.15, 0.2) is 72.8 Å². The lowest BCUT2D eigenvalue weighted by atomic mass is 10.1. The van der Waals surface area contributed by atoms with Gasteiger partial charge in [0.1, 0.15) is 17.2 Å². The molecule has 0 radical (unpaired) electrons. The number of carbonyl (C=O) groups is 1. The molecule has 3 aromatic carbocycles. The van der Waals surface area contributed by atoms with E-state index in [0.29, 0.717) is 17.1 Å². The summed E-state index contributed by atoms with van der Waals surface area (Å²) >= 11 is 0. The van der Waals surface area contributed by atoms with Gasteiger partial charge in [-0.3, -0.25) is 0 Å².